The third-order valence-electron chi connectivity index (χ3n) is 3.93. The number of nitrogens with one attached hydrogen (secondary N) is 1. The minimum Gasteiger partial charge on any atom is -0.494 e. The summed E-state index contributed by atoms with van der Waals surface area (Å²) in [6.45, 7) is 1.53. The predicted octanol–water partition coefficient (Wildman–Crippen LogP) is 2.23. The SMILES string of the molecule is CCOc1ccc(NC(=O)CN2C(=O)c3ccccc3C2=O)c([N+](=O)[O-])c1. The van der Waals surface area contributed by atoms with Crippen LogP contribution in [0.3, 0.4) is 0 Å². The number of rotatable bonds is 6. The largest absolute Gasteiger partial charge is 0.494 e. The van der Waals surface area contributed by atoms with Crippen LogP contribution in [-0.2, 0) is 4.79 Å². The Bertz CT molecular complexity index is 921. The van der Waals surface area contributed by atoms with Gasteiger partial charge in [0.05, 0.1) is 28.7 Å². The lowest BCUT2D eigenvalue weighted by atomic mass is 10.1. The number of fused-ring (bicyclic) bond motifs is 1. The van der Waals surface area contributed by atoms with Crippen molar-refractivity contribution in [2.24, 2.45) is 0 Å². The number of nitrogens with zero attached hydrogens (tertiary/aromatic N) is 2. The minimum absolute atomic E-state index is 0.0509. The maximum Gasteiger partial charge on any atom is 0.296 e. The van der Waals surface area contributed by atoms with Crippen LogP contribution >= 0.6 is 0 Å². The Hall–Kier alpha value is -3.75. The van der Waals surface area contributed by atoms with Gasteiger partial charge >= 0.3 is 0 Å². The Kier molecular flexibility index (Phi) is 4.84. The molecule has 27 heavy (non-hydrogen) atoms. The molecule has 1 N–H and O–H groups in total. The Morgan fingerprint density at radius 3 is 2.33 bits per heavy atom. The molecule has 0 aromatic heterocycles. The van der Waals surface area contributed by atoms with Crippen molar-refractivity contribution in [1.29, 1.82) is 0 Å². The van der Waals surface area contributed by atoms with Crippen molar-refractivity contribution in [3.05, 3.63) is 63.7 Å². The summed E-state index contributed by atoms with van der Waals surface area (Å²) in [6, 6.07) is 10.3. The van der Waals surface area contributed by atoms with Gasteiger partial charge in [-0.1, -0.05) is 12.1 Å². The molecular weight excluding hydrogens is 354 g/mol. The zero-order chi connectivity index (χ0) is 19.6. The van der Waals surface area contributed by atoms with Gasteiger partial charge in [0.15, 0.2) is 0 Å². The maximum atomic E-state index is 12.3. The number of anilines is 1. The quantitative estimate of drug-likeness (QED) is 0.474. The fourth-order valence-electron chi connectivity index (χ4n) is 2.74. The third kappa shape index (κ3) is 3.47. The van der Waals surface area contributed by atoms with Crippen molar-refractivity contribution < 1.29 is 24.0 Å². The van der Waals surface area contributed by atoms with Crippen LogP contribution in [0, 0.1) is 10.1 Å². The van der Waals surface area contributed by atoms with Crippen LogP contribution in [0.25, 0.3) is 0 Å². The molecule has 1 aliphatic heterocycles. The summed E-state index contributed by atoms with van der Waals surface area (Å²) in [4.78, 5) is 48.2. The van der Waals surface area contributed by atoms with E-state index in [-0.39, 0.29) is 22.5 Å². The van der Waals surface area contributed by atoms with Crippen LogP contribution in [0.5, 0.6) is 5.75 Å². The van der Waals surface area contributed by atoms with E-state index in [1.54, 1.807) is 19.1 Å². The summed E-state index contributed by atoms with van der Waals surface area (Å²) in [5.74, 6) is -1.59. The van der Waals surface area contributed by atoms with E-state index in [0.29, 0.717) is 12.4 Å². The average Bonchev–Trinajstić information content (AvgIpc) is 2.88. The van der Waals surface area contributed by atoms with E-state index in [0.717, 1.165) is 4.90 Å². The molecule has 0 unspecified atom stereocenters. The Morgan fingerprint density at radius 2 is 1.78 bits per heavy atom. The first-order chi connectivity index (χ1) is 12.9. The van der Waals surface area contributed by atoms with Gasteiger partial charge in [-0.15, -0.1) is 0 Å². The fraction of sp³-hybridized carbons (Fsp3) is 0.167. The van der Waals surface area contributed by atoms with Gasteiger partial charge in [-0.3, -0.25) is 29.4 Å². The van der Waals surface area contributed by atoms with Crippen LogP contribution < -0.4 is 10.1 Å². The van der Waals surface area contributed by atoms with E-state index >= 15 is 0 Å². The van der Waals surface area contributed by atoms with Crippen LogP contribution in [0.1, 0.15) is 27.6 Å². The second-order valence-electron chi connectivity index (χ2n) is 5.66. The number of benzene rings is 2. The summed E-state index contributed by atoms with van der Waals surface area (Å²) in [6.07, 6.45) is 0. The van der Waals surface area contributed by atoms with Gasteiger partial charge in [-0.05, 0) is 31.2 Å². The monoisotopic (exact) mass is 369 g/mol. The summed E-state index contributed by atoms with van der Waals surface area (Å²) >= 11 is 0. The van der Waals surface area contributed by atoms with Gasteiger partial charge in [0.2, 0.25) is 5.91 Å². The Labute approximate surface area is 153 Å². The molecule has 138 valence electrons. The first-order valence-electron chi connectivity index (χ1n) is 8.08. The number of amides is 3. The van der Waals surface area contributed by atoms with Crippen molar-refractivity contribution in [2.45, 2.75) is 6.92 Å². The summed E-state index contributed by atoms with van der Waals surface area (Å²) in [5, 5.41) is 13.6. The molecule has 2 aromatic carbocycles. The second kappa shape index (κ2) is 7.24. The molecule has 3 amide bonds. The molecule has 0 aliphatic carbocycles. The molecule has 0 spiro atoms. The number of hydrogen-bond acceptors (Lipinski definition) is 6. The van der Waals surface area contributed by atoms with Gasteiger partial charge in [-0.25, -0.2) is 0 Å². The molecule has 0 saturated carbocycles. The second-order valence-corrected chi connectivity index (χ2v) is 5.66. The summed E-state index contributed by atoms with van der Waals surface area (Å²) in [7, 11) is 0. The van der Waals surface area contributed by atoms with E-state index in [1.807, 2.05) is 0 Å². The Balaban J connectivity index is 1.76. The van der Waals surface area contributed by atoms with Crippen molar-refractivity contribution >= 4 is 29.1 Å². The highest BCUT2D eigenvalue weighted by Crippen LogP contribution is 2.29. The van der Waals surface area contributed by atoms with Crippen molar-refractivity contribution in [1.82, 2.24) is 4.90 Å². The molecule has 2 aromatic rings. The number of hydrogen-bond donors (Lipinski definition) is 1. The van der Waals surface area contributed by atoms with Crippen molar-refractivity contribution in [3.8, 4) is 5.75 Å². The number of carbonyl (C=O) groups excluding carboxylic acids is 3. The fourth-order valence-corrected chi connectivity index (χ4v) is 2.74. The van der Waals surface area contributed by atoms with E-state index in [4.69, 9.17) is 4.74 Å². The number of carbonyl (C=O) groups is 3. The van der Waals surface area contributed by atoms with E-state index < -0.39 is 29.2 Å². The zero-order valence-corrected chi connectivity index (χ0v) is 14.3. The zero-order valence-electron chi connectivity index (χ0n) is 14.3. The molecule has 0 bridgehead atoms. The highest BCUT2D eigenvalue weighted by Gasteiger charge is 2.36. The molecule has 0 radical (unpaired) electrons. The number of nitro groups is 1. The standard InChI is InChI=1S/C18H15N3O6/c1-2-27-11-7-8-14(15(9-11)21(25)26)19-16(22)10-20-17(23)12-5-3-4-6-13(12)18(20)24/h3-9H,2,10H2,1H3,(H,19,22). The van der Waals surface area contributed by atoms with Gasteiger partial charge in [0.1, 0.15) is 18.0 Å². The molecule has 0 atom stereocenters. The highest BCUT2D eigenvalue weighted by molar-refractivity contribution is 6.22. The molecule has 9 heteroatoms. The third-order valence-corrected chi connectivity index (χ3v) is 3.93. The summed E-state index contributed by atoms with van der Waals surface area (Å²) < 4.78 is 5.21. The topological polar surface area (TPSA) is 119 Å². The number of nitro benzene ring substituents is 1. The van der Waals surface area contributed by atoms with Crippen LogP contribution in [-0.4, -0.2) is 40.7 Å². The van der Waals surface area contributed by atoms with E-state index in [9.17, 15) is 24.5 Å². The average molecular weight is 369 g/mol. The van der Waals surface area contributed by atoms with Crippen LogP contribution in [0.2, 0.25) is 0 Å². The van der Waals surface area contributed by atoms with Crippen LogP contribution in [0.15, 0.2) is 42.5 Å². The Morgan fingerprint density at radius 1 is 1.15 bits per heavy atom. The van der Waals surface area contributed by atoms with Crippen molar-refractivity contribution in [2.75, 3.05) is 18.5 Å². The number of imide groups is 1. The lowest BCUT2D eigenvalue weighted by molar-refractivity contribution is -0.384. The van der Waals surface area contributed by atoms with Gasteiger partial charge in [-0.2, -0.15) is 0 Å². The van der Waals surface area contributed by atoms with Crippen LogP contribution in [0.4, 0.5) is 11.4 Å². The first kappa shape index (κ1) is 18.1. The molecule has 1 aliphatic rings. The minimum atomic E-state index is -0.725. The van der Waals surface area contributed by atoms with Gasteiger partial charge in [0.25, 0.3) is 17.5 Å². The molecule has 3 rings (SSSR count). The predicted molar refractivity (Wildman–Crippen MR) is 94.7 cm³/mol. The molecule has 9 nitrogen and oxygen atoms in total. The maximum absolute atomic E-state index is 12.3. The molecule has 0 saturated heterocycles. The van der Waals surface area contributed by atoms with E-state index in [2.05, 4.69) is 5.32 Å². The smallest absolute Gasteiger partial charge is 0.296 e. The molecule has 0 fully saturated rings. The van der Waals surface area contributed by atoms with Gasteiger partial charge in [0, 0.05) is 0 Å². The summed E-state index contributed by atoms with van der Waals surface area (Å²) in [5.41, 5.74) is 0.0476. The first-order valence-corrected chi connectivity index (χ1v) is 8.08. The van der Waals surface area contributed by atoms with Crippen molar-refractivity contribution in [3.63, 3.8) is 0 Å². The van der Waals surface area contributed by atoms with E-state index in [1.165, 1.54) is 30.3 Å². The molecular formula is C18H15N3O6. The van der Waals surface area contributed by atoms with Gasteiger partial charge < -0.3 is 10.1 Å². The lowest BCUT2D eigenvalue weighted by Crippen LogP contribution is -2.37. The normalized spacial score (nSPS) is 12.7. The lowest BCUT2D eigenvalue weighted by Gasteiger charge is -2.14. The molecule has 1 heterocycles. The highest BCUT2D eigenvalue weighted by atomic mass is 16.6. The number of ether oxygens (including phenoxy) is 1.